The van der Waals surface area contributed by atoms with Crippen LogP contribution >= 0.6 is 0 Å². The van der Waals surface area contributed by atoms with Crippen molar-refractivity contribution in [3.63, 3.8) is 0 Å². The molecule has 29 heavy (non-hydrogen) atoms. The van der Waals surface area contributed by atoms with Gasteiger partial charge >= 0.3 is 5.97 Å². The highest BCUT2D eigenvalue weighted by atomic mass is 16.5. The van der Waals surface area contributed by atoms with Gasteiger partial charge < -0.3 is 19.5 Å². The molecule has 7 nitrogen and oxygen atoms in total. The smallest absolute Gasteiger partial charge is 0.337 e. The van der Waals surface area contributed by atoms with Crippen LogP contribution in [0.1, 0.15) is 27.9 Å². The molecule has 0 spiro atoms. The lowest BCUT2D eigenvalue weighted by atomic mass is 10.1. The van der Waals surface area contributed by atoms with E-state index < -0.39 is 0 Å². The predicted octanol–water partition coefficient (Wildman–Crippen LogP) is 3.93. The molecule has 1 aliphatic rings. The van der Waals surface area contributed by atoms with Gasteiger partial charge in [0.2, 0.25) is 0 Å². The number of H-pyrrole nitrogens is 1. The van der Waals surface area contributed by atoms with Crippen LogP contribution in [0.15, 0.2) is 42.5 Å². The van der Waals surface area contributed by atoms with Gasteiger partial charge in [-0.3, -0.25) is 5.10 Å². The average molecular weight is 393 g/mol. The van der Waals surface area contributed by atoms with E-state index in [9.17, 15) is 4.79 Å². The first-order valence-electron chi connectivity index (χ1n) is 9.47. The Bertz CT molecular complexity index is 1030. The Morgan fingerprint density at radius 1 is 1.17 bits per heavy atom. The summed E-state index contributed by atoms with van der Waals surface area (Å²) >= 11 is 0. The Labute approximate surface area is 169 Å². The van der Waals surface area contributed by atoms with E-state index in [0.717, 1.165) is 46.9 Å². The van der Waals surface area contributed by atoms with Gasteiger partial charge in [0.15, 0.2) is 0 Å². The van der Waals surface area contributed by atoms with E-state index in [4.69, 9.17) is 14.2 Å². The van der Waals surface area contributed by atoms with Gasteiger partial charge in [0.05, 0.1) is 25.0 Å². The minimum atomic E-state index is -0.367. The number of anilines is 2. The molecule has 0 unspecified atom stereocenters. The van der Waals surface area contributed by atoms with Crippen LogP contribution in [0.2, 0.25) is 0 Å². The van der Waals surface area contributed by atoms with Crippen molar-refractivity contribution in [2.24, 2.45) is 0 Å². The molecule has 1 aromatic heterocycles. The Balaban J connectivity index is 1.50. The van der Waals surface area contributed by atoms with Crippen molar-refractivity contribution < 1.29 is 19.0 Å². The number of rotatable bonds is 8. The fourth-order valence-electron chi connectivity index (χ4n) is 3.47. The van der Waals surface area contributed by atoms with Crippen LogP contribution in [-0.2, 0) is 15.9 Å². The van der Waals surface area contributed by atoms with Crippen LogP contribution in [-0.4, -0.2) is 43.6 Å². The Hall–Kier alpha value is -3.32. The summed E-state index contributed by atoms with van der Waals surface area (Å²) < 4.78 is 15.7. The van der Waals surface area contributed by atoms with Gasteiger partial charge in [-0.1, -0.05) is 6.07 Å². The molecule has 7 heteroatoms. The van der Waals surface area contributed by atoms with E-state index in [1.165, 1.54) is 12.7 Å². The van der Waals surface area contributed by atoms with Crippen LogP contribution in [0.3, 0.4) is 0 Å². The fourth-order valence-corrected chi connectivity index (χ4v) is 3.47. The quantitative estimate of drug-likeness (QED) is 0.349. The van der Waals surface area contributed by atoms with Crippen LogP contribution < -0.4 is 10.1 Å². The van der Waals surface area contributed by atoms with Gasteiger partial charge in [-0.2, -0.15) is 5.10 Å². The summed E-state index contributed by atoms with van der Waals surface area (Å²) in [6.07, 6.45) is 1.61. The number of nitrogens with zero attached hydrogens (tertiary/aromatic N) is 1. The maximum absolute atomic E-state index is 11.8. The molecule has 0 fully saturated rings. The standard InChI is InChI=1S/C22H23N3O4/c1-27-9-4-10-29-17-7-8-18-15(12-17)13-19-20(18)24-25-21(19)23-16-6-3-5-14(11-16)22(26)28-2/h3,5-8,11-12H,4,9-10,13H2,1-2H3,(H2,23,24,25). The van der Waals surface area contributed by atoms with E-state index in [1.807, 2.05) is 18.2 Å². The first kappa shape index (κ1) is 19.0. The third-order valence-electron chi connectivity index (χ3n) is 4.88. The van der Waals surface area contributed by atoms with Gasteiger partial charge in [0.1, 0.15) is 11.6 Å². The highest BCUT2D eigenvalue weighted by Gasteiger charge is 2.25. The number of aromatic nitrogens is 2. The Morgan fingerprint density at radius 2 is 2.07 bits per heavy atom. The zero-order valence-corrected chi connectivity index (χ0v) is 16.5. The normalized spacial score (nSPS) is 11.7. The van der Waals surface area contributed by atoms with E-state index in [-0.39, 0.29) is 5.97 Å². The zero-order chi connectivity index (χ0) is 20.2. The second-order valence-electron chi connectivity index (χ2n) is 6.81. The highest BCUT2D eigenvalue weighted by molar-refractivity contribution is 5.90. The molecule has 2 aromatic carbocycles. The molecule has 0 amide bonds. The number of esters is 1. The summed E-state index contributed by atoms with van der Waals surface area (Å²) in [5, 5.41) is 10.9. The van der Waals surface area contributed by atoms with E-state index in [1.54, 1.807) is 19.2 Å². The molecule has 150 valence electrons. The molecule has 3 aromatic rings. The predicted molar refractivity (Wildman–Crippen MR) is 110 cm³/mol. The summed E-state index contributed by atoms with van der Waals surface area (Å²) in [4.78, 5) is 11.8. The number of benzene rings is 2. The molecule has 0 aliphatic heterocycles. The van der Waals surface area contributed by atoms with Gasteiger partial charge in [0, 0.05) is 43.4 Å². The summed E-state index contributed by atoms with van der Waals surface area (Å²) in [5.41, 5.74) is 5.62. The summed E-state index contributed by atoms with van der Waals surface area (Å²) in [6.45, 7) is 1.31. The molecular weight excluding hydrogens is 370 g/mol. The minimum absolute atomic E-state index is 0.367. The first-order chi connectivity index (χ1) is 14.2. The molecule has 0 saturated carbocycles. The van der Waals surface area contributed by atoms with Crippen LogP contribution in [0.5, 0.6) is 5.75 Å². The topological polar surface area (TPSA) is 85.5 Å². The maximum atomic E-state index is 11.8. The molecule has 1 heterocycles. The number of ether oxygens (including phenoxy) is 3. The van der Waals surface area contributed by atoms with Crippen LogP contribution in [0.25, 0.3) is 11.3 Å². The second-order valence-corrected chi connectivity index (χ2v) is 6.81. The number of carbonyl (C=O) groups is 1. The zero-order valence-electron chi connectivity index (χ0n) is 16.5. The lowest BCUT2D eigenvalue weighted by Crippen LogP contribution is -2.02. The average Bonchev–Trinajstić information content (AvgIpc) is 3.30. The number of aromatic amines is 1. The van der Waals surface area contributed by atoms with E-state index in [0.29, 0.717) is 18.8 Å². The number of nitrogens with one attached hydrogen (secondary N) is 2. The van der Waals surface area contributed by atoms with Gasteiger partial charge in [-0.05, 0) is 42.0 Å². The van der Waals surface area contributed by atoms with Gasteiger partial charge in [-0.15, -0.1) is 0 Å². The molecule has 0 bridgehead atoms. The van der Waals surface area contributed by atoms with Crippen LogP contribution in [0.4, 0.5) is 11.5 Å². The molecule has 1 aliphatic carbocycles. The van der Waals surface area contributed by atoms with Crippen molar-refractivity contribution in [1.29, 1.82) is 0 Å². The molecular formula is C22H23N3O4. The lowest BCUT2D eigenvalue weighted by molar-refractivity contribution is 0.0601. The Morgan fingerprint density at radius 3 is 2.90 bits per heavy atom. The summed E-state index contributed by atoms with van der Waals surface area (Å²) in [5.74, 6) is 1.31. The number of fused-ring (bicyclic) bond motifs is 3. The molecule has 0 radical (unpaired) electrons. The van der Waals surface area contributed by atoms with Crippen LogP contribution in [0, 0.1) is 0 Å². The van der Waals surface area contributed by atoms with E-state index in [2.05, 4.69) is 27.6 Å². The largest absolute Gasteiger partial charge is 0.493 e. The molecule has 2 N–H and O–H groups in total. The third-order valence-corrected chi connectivity index (χ3v) is 4.88. The number of methoxy groups -OCH3 is 2. The lowest BCUT2D eigenvalue weighted by Gasteiger charge is -2.08. The van der Waals surface area contributed by atoms with Gasteiger partial charge in [0.25, 0.3) is 0 Å². The fraction of sp³-hybridized carbons (Fsp3) is 0.273. The van der Waals surface area contributed by atoms with Gasteiger partial charge in [-0.25, -0.2) is 4.79 Å². The van der Waals surface area contributed by atoms with Crippen molar-refractivity contribution in [2.75, 3.05) is 32.8 Å². The molecule has 0 atom stereocenters. The molecule has 0 saturated heterocycles. The summed E-state index contributed by atoms with van der Waals surface area (Å²) in [7, 11) is 3.06. The number of carbonyl (C=O) groups excluding carboxylic acids is 1. The summed E-state index contributed by atoms with van der Waals surface area (Å²) in [6, 6.07) is 13.3. The second kappa shape index (κ2) is 8.36. The first-order valence-corrected chi connectivity index (χ1v) is 9.47. The molecule has 4 rings (SSSR count). The van der Waals surface area contributed by atoms with Crippen molar-refractivity contribution in [1.82, 2.24) is 10.2 Å². The minimum Gasteiger partial charge on any atom is -0.493 e. The Kier molecular flexibility index (Phi) is 5.48. The van der Waals surface area contributed by atoms with Crippen molar-refractivity contribution in [3.05, 3.63) is 59.2 Å². The van der Waals surface area contributed by atoms with Crippen molar-refractivity contribution in [2.45, 2.75) is 12.8 Å². The van der Waals surface area contributed by atoms with Crippen molar-refractivity contribution >= 4 is 17.5 Å². The van der Waals surface area contributed by atoms with E-state index >= 15 is 0 Å². The SMILES string of the molecule is COCCCOc1ccc2c(c1)Cc1c-2n[nH]c1Nc1cccc(C(=O)OC)c1. The number of hydrogen-bond donors (Lipinski definition) is 2. The monoisotopic (exact) mass is 393 g/mol. The van der Waals surface area contributed by atoms with Crippen molar-refractivity contribution in [3.8, 4) is 17.0 Å². The third kappa shape index (κ3) is 3.95. The highest BCUT2D eigenvalue weighted by Crippen LogP contribution is 2.40. The maximum Gasteiger partial charge on any atom is 0.337 e. The number of hydrogen-bond acceptors (Lipinski definition) is 6.